The maximum Gasteiger partial charge on any atom is 0.317 e. The van der Waals surface area contributed by atoms with Crippen molar-refractivity contribution in [3.8, 4) is 0 Å². The second kappa shape index (κ2) is 14.1. The van der Waals surface area contributed by atoms with Crippen LogP contribution in [0.2, 0.25) is 0 Å². The van der Waals surface area contributed by atoms with Crippen molar-refractivity contribution in [2.75, 3.05) is 0 Å². The van der Waals surface area contributed by atoms with Crippen LogP contribution in [-0.4, -0.2) is 11.9 Å². The van der Waals surface area contributed by atoms with E-state index in [2.05, 4.69) is 26.0 Å². The Bertz CT molecular complexity index is 400. The van der Waals surface area contributed by atoms with Crippen molar-refractivity contribution in [3.63, 3.8) is 0 Å². The van der Waals surface area contributed by atoms with Gasteiger partial charge in [0, 0.05) is 0 Å². The van der Waals surface area contributed by atoms with Crippen LogP contribution in [0.1, 0.15) is 104 Å². The van der Waals surface area contributed by atoms with E-state index in [9.17, 15) is 9.59 Å². The van der Waals surface area contributed by atoms with Gasteiger partial charge >= 0.3 is 11.9 Å². The van der Waals surface area contributed by atoms with Gasteiger partial charge < -0.3 is 4.74 Å². The molecule has 0 saturated carbocycles. The minimum absolute atomic E-state index is 0.164. The van der Waals surface area contributed by atoms with E-state index < -0.39 is 0 Å². The zero-order chi connectivity index (χ0) is 18.3. The first-order valence-corrected chi connectivity index (χ1v) is 10.6. The highest BCUT2D eigenvalue weighted by Gasteiger charge is 2.37. The minimum Gasteiger partial charge on any atom is -0.393 e. The number of carbonyl (C=O) groups excluding carboxylic acids is 2. The molecule has 0 spiro atoms. The van der Waals surface area contributed by atoms with E-state index >= 15 is 0 Å². The SMILES string of the molecule is CCCCCCCCCCC/C=C/C(CCCC)C1CC(=O)OC1=O. The summed E-state index contributed by atoms with van der Waals surface area (Å²) in [5.41, 5.74) is 0. The first kappa shape index (κ1) is 21.9. The summed E-state index contributed by atoms with van der Waals surface area (Å²) in [6.07, 6.45) is 21.0. The Balaban J connectivity index is 2.17. The Hall–Kier alpha value is -1.12. The van der Waals surface area contributed by atoms with Crippen LogP contribution in [0.5, 0.6) is 0 Å². The van der Waals surface area contributed by atoms with Crippen molar-refractivity contribution in [3.05, 3.63) is 12.2 Å². The molecule has 0 aromatic heterocycles. The lowest BCUT2D eigenvalue weighted by molar-refractivity contribution is -0.153. The van der Waals surface area contributed by atoms with Crippen molar-refractivity contribution in [1.82, 2.24) is 0 Å². The number of hydrogen-bond acceptors (Lipinski definition) is 3. The third kappa shape index (κ3) is 9.81. The molecule has 2 atom stereocenters. The lowest BCUT2D eigenvalue weighted by atomic mass is 9.86. The molecule has 0 amide bonds. The average molecular weight is 351 g/mol. The van der Waals surface area contributed by atoms with Gasteiger partial charge in [-0.05, 0) is 25.2 Å². The number of esters is 2. The second-order valence-electron chi connectivity index (χ2n) is 7.46. The molecule has 0 aliphatic carbocycles. The van der Waals surface area contributed by atoms with Gasteiger partial charge in [-0.1, -0.05) is 90.2 Å². The fourth-order valence-corrected chi connectivity index (χ4v) is 3.53. The second-order valence-corrected chi connectivity index (χ2v) is 7.46. The molecule has 144 valence electrons. The number of rotatable bonds is 15. The lowest BCUT2D eigenvalue weighted by Crippen LogP contribution is -2.17. The molecule has 1 rings (SSSR count). The Morgan fingerprint density at radius 1 is 0.920 bits per heavy atom. The van der Waals surface area contributed by atoms with Gasteiger partial charge in [0.05, 0.1) is 12.3 Å². The smallest absolute Gasteiger partial charge is 0.317 e. The average Bonchev–Trinajstić information content (AvgIpc) is 2.93. The number of cyclic esters (lactones) is 2. The van der Waals surface area contributed by atoms with E-state index in [-0.39, 0.29) is 30.2 Å². The number of carbonyl (C=O) groups is 2. The Kier molecular flexibility index (Phi) is 12.4. The molecule has 25 heavy (non-hydrogen) atoms. The van der Waals surface area contributed by atoms with Crippen LogP contribution in [0, 0.1) is 11.8 Å². The highest BCUT2D eigenvalue weighted by Crippen LogP contribution is 2.29. The third-order valence-corrected chi connectivity index (χ3v) is 5.17. The molecule has 0 aromatic carbocycles. The summed E-state index contributed by atoms with van der Waals surface area (Å²) >= 11 is 0. The predicted molar refractivity (Wildman–Crippen MR) is 103 cm³/mol. The highest BCUT2D eigenvalue weighted by atomic mass is 16.6. The van der Waals surface area contributed by atoms with Gasteiger partial charge in [-0.3, -0.25) is 9.59 Å². The van der Waals surface area contributed by atoms with Crippen molar-refractivity contribution >= 4 is 11.9 Å². The van der Waals surface area contributed by atoms with Crippen LogP contribution >= 0.6 is 0 Å². The molecule has 1 aliphatic heterocycles. The molecule has 1 fully saturated rings. The van der Waals surface area contributed by atoms with E-state index in [1.54, 1.807) is 0 Å². The summed E-state index contributed by atoms with van der Waals surface area (Å²) in [6.45, 7) is 4.41. The standard InChI is InChI=1S/C22H38O3/c1-3-5-7-8-9-10-11-12-13-14-15-17-19(16-6-4-2)20-18-21(23)25-22(20)24/h15,17,19-20H,3-14,16,18H2,1-2H3/b17-15+. The fraction of sp³-hybridized carbons (Fsp3) is 0.818. The highest BCUT2D eigenvalue weighted by molar-refractivity contribution is 5.94. The van der Waals surface area contributed by atoms with Crippen LogP contribution < -0.4 is 0 Å². The fourth-order valence-electron chi connectivity index (χ4n) is 3.53. The largest absolute Gasteiger partial charge is 0.393 e. The van der Waals surface area contributed by atoms with Crippen LogP contribution in [0.15, 0.2) is 12.2 Å². The van der Waals surface area contributed by atoms with Gasteiger partial charge in [0.25, 0.3) is 0 Å². The maximum absolute atomic E-state index is 11.8. The summed E-state index contributed by atoms with van der Waals surface area (Å²) in [4.78, 5) is 23.1. The Morgan fingerprint density at radius 2 is 1.52 bits per heavy atom. The van der Waals surface area contributed by atoms with Gasteiger partial charge in [0.2, 0.25) is 0 Å². The molecule has 3 nitrogen and oxygen atoms in total. The molecule has 0 aromatic rings. The van der Waals surface area contributed by atoms with Crippen LogP contribution in [0.25, 0.3) is 0 Å². The number of hydrogen-bond donors (Lipinski definition) is 0. The van der Waals surface area contributed by atoms with Crippen molar-refractivity contribution in [1.29, 1.82) is 0 Å². The quantitative estimate of drug-likeness (QED) is 0.149. The molecular formula is C22H38O3. The minimum atomic E-state index is -0.358. The first-order valence-electron chi connectivity index (χ1n) is 10.6. The summed E-state index contributed by atoms with van der Waals surface area (Å²) in [7, 11) is 0. The topological polar surface area (TPSA) is 43.4 Å². The summed E-state index contributed by atoms with van der Waals surface area (Å²) in [5.74, 6) is -0.765. The third-order valence-electron chi connectivity index (χ3n) is 5.17. The predicted octanol–water partition coefficient (Wildman–Crippen LogP) is 6.36. The Morgan fingerprint density at radius 3 is 2.08 bits per heavy atom. The molecule has 0 N–H and O–H groups in total. The molecule has 1 aliphatic rings. The normalized spacial score (nSPS) is 18.9. The van der Waals surface area contributed by atoms with Crippen molar-refractivity contribution < 1.29 is 14.3 Å². The maximum atomic E-state index is 11.8. The van der Waals surface area contributed by atoms with E-state index in [1.807, 2.05) is 0 Å². The van der Waals surface area contributed by atoms with Crippen molar-refractivity contribution in [2.24, 2.45) is 11.8 Å². The van der Waals surface area contributed by atoms with Crippen LogP contribution in [0.3, 0.4) is 0 Å². The summed E-state index contributed by atoms with van der Waals surface area (Å²) < 4.78 is 4.73. The zero-order valence-electron chi connectivity index (χ0n) is 16.4. The first-order chi connectivity index (χ1) is 12.2. The number of unbranched alkanes of at least 4 members (excludes halogenated alkanes) is 10. The van der Waals surface area contributed by atoms with Gasteiger partial charge in [-0.2, -0.15) is 0 Å². The number of ether oxygens (including phenoxy) is 1. The monoisotopic (exact) mass is 350 g/mol. The van der Waals surface area contributed by atoms with Gasteiger partial charge in [0.15, 0.2) is 0 Å². The molecule has 1 heterocycles. The molecule has 2 unspecified atom stereocenters. The summed E-state index contributed by atoms with van der Waals surface area (Å²) in [6, 6.07) is 0. The molecule has 0 radical (unpaired) electrons. The Labute approximate surface area is 154 Å². The van der Waals surface area contributed by atoms with Crippen molar-refractivity contribution in [2.45, 2.75) is 104 Å². The van der Waals surface area contributed by atoms with E-state index in [0.717, 1.165) is 25.7 Å². The number of allylic oxidation sites excluding steroid dienone is 2. The lowest BCUT2D eigenvalue weighted by Gasteiger charge is -2.15. The molecular weight excluding hydrogens is 312 g/mol. The van der Waals surface area contributed by atoms with Crippen LogP contribution in [0.4, 0.5) is 0 Å². The summed E-state index contributed by atoms with van der Waals surface area (Å²) in [5, 5.41) is 0. The van der Waals surface area contributed by atoms with E-state index in [0.29, 0.717) is 0 Å². The van der Waals surface area contributed by atoms with E-state index in [4.69, 9.17) is 4.74 Å². The molecule has 0 bridgehead atoms. The molecule has 1 saturated heterocycles. The molecule has 3 heteroatoms. The van der Waals surface area contributed by atoms with Gasteiger partial charge in [0.1, 0.15) is 0 Å². The van der Waals surface area contributed by atoms with Crippen LogP contribution in [-0.2, 0) is 14.3 Å². The zero-order valence-corrected chi connectivity index (χ0v) is 16.4. The van der Waals surface area contributed by atoms with E-state index in [1.165, 1.54) is 57.8 Å². The van der Waals surface area contributed by atoms with Gasteiger partial charge in [-0.15, -0.1) is 0 Å². The van der Waals surface area contributed by atoms with Gasteiger partial charge in [-0.25, -0.2) is 0 Å².